The van der Waals surface area contributed by atoms with Gasteiger partial charge in [0.2, 0.25) is 0 Å². The highest BCUT2D eigenvalue weighted by molar-refractivity contribution is 6.05. The van der Waals surface area contributed by atoms with Gasteiger partial charge in [0, 0.05) is 42.5 Å². The summed E-state index contributed by atoms with van der Waals surface area (Å²) in [5.74, 6) is 0.688. The van der Waals surface area contributed by atoms with Gasteiger partial charge in [-0.15, -0.1) is 0 Å². The number of benzene rings is 2. The quantitative estimate of drug-likeness (QED) is 0.391. The van der Waals surface area contributed by atoms with E-state index < -0.39 is 0 Å². The van der Waals surface area contributed by atoms with Gasteiger partial charge in [0.1, 0.15) is 5.82 Å². The van der Waals surface area contributed by atoms with E-state index in [1.54, 1.807) is 6.20 Å². The van der Waals surface area contributed by atoms with Crippen molar-refractivity contribution in [3.05, 3.63) is 71.5 Å². The fourth-order valence-electron chi connectivity index (χ4n) is 3.72. The number of pyridine rings is 1. The number of rotatable bonds is 7. The average molecular weight is 429 g/mol. The average Bonchev–Trinajstić information content (AvgIpc) is 3.18. The number of anilines is 2. The largest absolute Gasteiger partial charge is 0.360 e. The Morgan fingerprint density at radius 2 is 1.94 bits per heavy atom. The van der Waals surface area contributed by atoms with Gasteiger partial charge in [0.25, 0.3) is 5.91 Å². The highest BCUT2D eigenvalue weighted by atomic mass is 16.5. The number of nitrogens with zero attached hydrogens (tertiary/aromatic N) is 3. The number of nitrogens with one attached hydrogen (secondary N) is 1. The van der Waals surface area contributed by atoms with Crippen molar-refractivity contribution >= 4 is 28.4 Å². The molecule has 1 N–H and O–H groups in total. The molecule has 0 saturated carbocycles. The second-order valence-corrected chi connectivity index (χ2v) is 8.14. The lowest BCUT2D eigenvalue weighted by Crippen LogP contribution is -2.20. The highest BCUT2D eigenvalue weighted by Crippen LogP contribution is 2.29. The van der Waals surface area contributed by atoms with Crippen LogP contribution in [0.3, 0.4) is 0 Å². The van der Waals surface area contributed by atoms with Crippen molar-refractivity contribution in [3.8, 4) is 11.1 Å². The molecule has 32 heavy (non-hydrogen) atoms. The van der Waals surface area contributed by atoms with Crippen molar-refractivity contribution in [2.45, 2.75) is 33.6 Å². The van der Waals surface area contributed by atoms with E-state index in [2.05, 4.69) is 27.3 Å². The molecule has 4 aromatic rings. The van der Waals surface area contributed by atoms with Crippen molar-refractivity contribution < 1.29 is 9.32 Å². The molecule has 2 aromatic carbocycles. The van der Waals surface area contributed by atoms with Crippen LogP contribution in [0.4, 0.5) is 11.5 Å². The minimum atomic E-state index is -0.156. The lowest BCUT2D eigenvalue weighted by molar-refractivity contribution is 0.102. The maximum Gasteiger partial charge on any atom is 0.255 e. The zero-order valence-electron chi connectivity index (χ0n) is 19.0. The molecule has 6 nitrogen and oxygen atoms in total. The first-order valence-electron chi connectivity index (χ1n) is 10.9. The third-order valence-corrected chi connectivity index (χ3v) is 5.70. The van der Waals surface area contributed by atoms with E-state index in [0.717, 1.165) is 64.2 Å². The van der Waals surface area contributed by atoms with E-state index in [0.29, 0.717) is 5.56 Å². The zero-order chi connectivity index (χ0) is 22.7. The summed E-state index contributed by atoms with van der Waals surface area (Å²) in [6, 6.07) is 15.5. The van der Waals surface area contributed by atoms with Crippen molar-refractivity contribution in [2.75, 3.05) is 23.8 Å². The maximum atomic E-state index is 13.0. The molecule has 1 amide bonds. The van der Waals surface area contributed by atoms with Gasteiger partial charge in [-0.25, -0.2) is 4.98 Å². The number of hydrogen-bond donors (Lipinski definition) is 1. The summed E-state index contributed by atoms with van der Waals surface area (Å²) in [6.45, 7) is 7.05. The van der Waals surface area contributed by atoms with Crippen molar-refractivity contribution in [2.24, 2.45) is 0 Å². The molecule has 164 valence electrons. The van der Waals surface area contributed by atoms with E-state index in [-0.39, 0.29) is 5.91 Å². The van der Waals surface area contributed by atoms with E-state index in [4.69, 9.17) is 4.52 Å². The van der Waals surface area contributed by atoms with Crippen LogP contribution >= 0.6 is 0 Å². The fourth-order valence-corrected chi connectivity index (χ4v) is 3.72. The third-order valence-electron chi connectivity index (χ3n) is 5.70. The van der Waals surface area contributed by atoms with Gasteiger partial charge < -0.3 is 14.7 Å². The Bertz CT molecular complexity index is 1260. The predicted molar refractivity (Wildman–Crippen MR) is 129 cm³/mol. The van der Waals surface area contributed by atoms with Crippen LogP contribution < -0.4 is 10.2 Å². The number of carbonyl (C=O) groups excluding carboxylic acids is 1. The highest BCUT2D eigenvalue weighted by Gasteiger charge is 2.13. The van der Waals surface area contributed by atoms with E-state index in [1.165, 1.54) is 0 Å². The number of unbranched alkanes of at least 4 members (excludes halogenated alkanes) is 1. The van der Waals surface area contributed by atoms with Crippen molar-refractivity contribution in [1.29, 1.82) is 0 Å². The van der Waals surface area contributed by atoms with Gasteiger partial charge >= 0.3 is 0 Å². The molecular formula is C26H28N4O2. The molecule has 2 aromatic heterocycles. The molecule has 0 radical (unpaired) electrons. The smallest absolute Gasteiger partial charge is 0.255 e. The summed E-state index contributed by atoms with van der Waals surface area (Å²) in [4.78, 5) is 19.5. The monoisotopic (exact) mass is 428 g/mol. The Labute approximate surface area is 188 Å². The Morgan fingerprint density at radius 1 is 1.09 bits per heavy atom. The number of hydrogen-bond acceptors (Lipinski definition) is 5. The molecule has 4 rings (SSSR count). The van der Waals surface area contributed by atoms with Gasteiger partial charge in [0.15, 0.2) is 5.58 Å². The van der Waals surface area contributed by atoms with Crippen LogP contribution in [0.25, 0.3) is 22.1 Å². The van der Waals surface area contributed by atoms with Gasteiger partial charge in [0.05, 0.1) is 5.69 Å². The van der Waals surface area contributed by atoms with Gasteiger partial charge in [-0.05, 0) is 67.3 Å². The second-order valence-electron chi connectivity index (χ2n) is 8.14. The van der Waals surface area contributed by atoms with Crippen LogP contribution in [0.2, 0.25) is 0 Å². The van der Waals surface area contributed by atoms with Crippen LogP contribution in [0, 0.1) is 13.8 Å². The molecule has 0 unspecified atom stereocenters. The molecule has 0 aliphatic carbocycles. The first kappa shape index (κ1) is 21.6. The molecule has 6 heteroatoms. The molecule has 0 spiro atoms. The Morgan fingerprint density at radius 3 is 2.75 bits per heavy atom. The Kier molecular flexibility index (Phi) is 6.21. The van der Waals surface area contributed by atoms with Crippen LogP contribution in [0.1, 0.15) is 41.4 Å². The van der Waals surface area contributed by atoms with Crippen molar-refractivity contribution in [3.63, 3.8) is 0 Å². The number of amides is 1. The van der Waals surface area contributed by atoms with Gasteiger partial charge in [-0.1, -0.05) is 30.6 Å². The predicted octanol–water partition coefficient (Wildman–Crippen LogP) is 6.00. The van der Waals surface area contributed by atoms with Gasteiger partial charge in [-0.3, -0.25) is 4.79 Å². The molecular weight excluding hydrogens is 400 g/mol. The minimum absolute atomic E-state index is 0.156. The lowest BCUT2D eigenvalue weighted by Gasteiger charge is -2.18. The zero-order valence-corrected chi connectivity index (χ0v) is 19.0. The first-order chi connectivity index (χ1) is 15.5. The summed E-state index contributed by atoms with van der Waals surface area (Å²) in [5.41, 5.74) is 5.99. The number of carbonyl (C=O) groups is 1. The summed E-state index contributed by atoms with van der Waals surface area (Å²) < 4.78 is 5.42. The van der Waals surface area contributed by atoms with Crippen LogP contribution in [-0.2, 0) is 0 Å². The summed E-state index contributed by atoms with van der Waals surface area (Å²) >= 11 is 0. The van der Waals surface area contributed by atoms with E-state index >= 15 is 0 Å². The first-order valence-corrected chi connectivity index (χ1v) is 10.9. The molecule has 0 saturated heterocycles. The standard InChI is InChI=1S/C26H28N4O2/c1-5-6-13-30(4)25-16-21(11-12-27-25)28-26(31)20-8-7-17(2)23(14-20)19-9-10-22-18(3)29-32-24(22)15-19/h7-12,14-16H,5-6,13H2,1-4H3,(H,27,28,31). The minimum Gasteiger partial charge on any atom is -0.360 e. The van der Waals surface area contributed by atoms with E-state index in [9.17, 15) is 4.79 Å². The second kappa shape index (κ2) is 9.22. The molecule has 2 heterocycles. The normalized spacial score (nSPS) is 11.0. The molecule has 0 aliphatic rings. The van der Waals surface area contributed by atoms with Crippen LogP contribution in [-0.4, -0.2) is 29.6 Å². The molecule has 0 atom stereocenters. The fraction of sp³-hybridized carbons (Fsp3) is 0.269. The Balaban J connectivity index is 1.57. The lowest BCUT2D eigenvalue weighted by atomic mass is 9.97. The summed E-state index contributed by atoms with van der Waals surface area (Å²) in [5, 5.41) is 8.04. The molecule has 0 aliphatic heterocycles. The van der Waals surface area contributed by atoms with Crippen molar-refractivity contribution in [1.82, 2.24) is 10.1 Å². The van der Waals surface area contributed by atoms with E-state index in [1.807, 2.05) is 69.4 Å². The molecule has 0 bridgehead atoms. The van der Waals surface area contributed by atoms with Crippen LogP contribution in [0.15, 0.2) is 59.3 Å². The van der Waals surface area contributed by atoms with Crippen LogP contribution in [0.5, 0.6) is 0 Å². The topological polar surface area (TPSA) is 71.3 Å². The van der Waals surface area contributed by atoms with Gasteiger partial charge in [-0.2, -0.15) is 0 Å². The number of aromatic nitrogens is 2. The number of fused-ring (bicyclic) bond motifs is 1. The molecule has 0 fully saturated rings. The third kappa shape index (κ3) is 4.49. The SMILES string of the molecule is CCCCN(C)c1cc(NC(=O)c2ccc(C)c(-c3ccc4c(C)noc4c3)c2)ccn1. The summed E-state index contributed by atoms with van der Waals surface area (Å²) in [6.07, 6.45) is 3.95. The Hall–Kier alpha value is -3.67. The number of aryl methyl sites for hydroxylation is 2. The maximum absolute atomic E-state index is 13.0. The summed E-state index contributed by atoms with van der Waals surface area (Å²) in [7, 11) is 2.02.